The first-order chi connectivity index (χ1) is 14.5. The fraction of sp³-hybridized carbons (Fsp3) is 0.348. The lowest BCUT2D eigenvalue weighted by Crippen LogP contribution is -2.35. The highest BCUT2D eigenvalue weighted by atomic mass is 16.2. The van der Waals surface area contributed by atoms with Crippen LogP contribution in [0.4, 0.5) is 17.1 Å². The van der Waals surface area contributed by atoms with Gasteiger partial charge >= 0.3 is 0 Å². The number of carbonyl (C=O) groups excluding carboxylic acids is 3. The van der Waals surface area contributed by atoms with Crippen LogP contribution in [0.15, 0.2) is 48.5 Å². The monoisotopic (exact) mass is 408 g/mol. The summed E-state index contributed by atoms with van der Waals surface area (Å²) in [5, 5.41) is 6.12. The van der Waals surface area contributed by atoms with Crippen LogP contribution in [0.1, 0.15) is 49.4 Å². The Morgan fingerprint density at radius 1 is 1.10 bits per heavy atom. The summed E-state index contributed by atoms with van der Waals surface area (Å²) in [6, 6.07) is 13.7. The van der Waals surface area contributed by atoms with Crippen molar-refractivity contribution in [1.82, 2.24) is 0 Å². The summed E-state index contributed by atoms with van der Waals surface area (Å²) in [4.78, 5) is 38.1. The smallest absolute Gasteiger partial charge is 0.248 e. The lowest BCUT2D eigenvalue weighted by atomic mass is 10.1. The molecule has 1 atom stereocenters. The molecule has 0 radical (unpaired) electrons. The molecule has 4 N–H and O–H groups in total. The van der Waals surface area contributed by atoms with Gasteiger partial charge in [-0.25, -0.2) is 0 Å². The molecule has 3 amide bonds. The van der Waals surface area contributed by atoms with Crippen molar-refractivity contribution in [2.24, 2.45) is 5.73 Å². The van der Waals surface area contributed by atoms with Crippen LogP contribution in [-0.4, -0.2) is 30.3 Å². The van der Waals surface area contributed by atoms with Crippen molar-refractivity contribution < 1.29 is 14.4 Å². The van der Waals surface area contributed by atoms with E-state index in [0.717, 1.165) is 31.5 Å². The van der Waals surface area contributed by atoms with Crippen LogP contribution in [0, 0.1) is 0 Å². The van der Waals surface area contributed by atoms with Gasteiger partial charge in [-0.3, -0.25) is 14.4 Å². The highest BCUT2D eigenvalue weighted by molar-refractivity contribution is 5.98. The van der Waals surface area contributed by atoms with Crippen LogP contribution >= 0.6 is 0 Å². The van der Waals surface area contributed by atoms with E-state index in [-0.39, 0.29) is 11.8 Å². The number of nitrogens with zero attached hydrogens (tertiary/aromatic N) is 1. The molecule has 2 aromatic carbocycles. The quantitative estimate of drug-likeness (QED) is 0.621. The third kappa shape index (κ3) is 5.37. The Labute approximate surface area is 176 Å². The van der Waals surface area contributed by atoms with Gasteiger partial charge in [0.15, 0.2) is 0 Å². The first-order valence-corrected chi connectivity index (χ1v) is 10.4. The van der Waals surface area contributed by atoms with Crippen molar-refractivity contribution in [3.63, 3.8) is 0 Å². The normalized spacial score (nSPS) is 14.8. The summed E-state index contributed by atoms with van der Waals surface area (Å²) in [7, 11) is 0. The lowest BCUT2D eigenvalue weighted by Gasteiger charge is -2.27. The van der Waals surface area contributed by atoms with Crippen LogP contribution in [0.3, 0.4) is 0 Å². The second kappa shape index (κ2) is 9.91. The van der Waals surface area contributed by atoms with E-state index in [2.05, 4.69) is 10.6 Å². The summed E-state index contributed by atoms with van der Waals surface area (Å²) in [5.41, 5.74) is 7.91. The van der Waals surface area contributed by atoms with E-state index in [1.165, 1.54) is 0 Å². The fourth-order valence-electron chi connectivity index (χ4n) is 3.55. The third-order valence-electron chi connectivity index (χ3n) is 5.15. The van der Waals surface area contributed by atoms with Crippen LogP contribution in [-0.2, 0) is 9.59 Å². The van der Waals surface area contributed by atoms with Gasteiger partial charge in [0.2, 0.25) is 17.7 Å². The molecular weight excluding hydrogens is 380 g/mol. The number of nitrogens with two attached hydrogens (primary N) is 1. The zero-order valence-electron chi connectivity index (χ0n) is 17.2. The summed E-state index contributed by atoms with van der Waals surface area (Å²) in [5.74, 6) is -0.533. The molecule has 0 spiro atoms. The molecule has 3 rings (SSSR count). The molecule has 2 aromatic rings. The molecule has 0 aliphatic carbocycles. The maximum absolute atomic E-state index is 12.8. The topological polar surface area (TPSA) is 105 Å². The Kier molecular flexibility index (Phi) is 7.06. The first kappa shape index (κ1) is 21.4. The molecule has 1 aliphatic heterocycles. The average molecular weight is 409 g/mol. The predicted molar refractivity (Wildman–Crippen MR) is 119 cm³/mol. The van der Waals surface area contributed by atoms with Crippen LogP contribution in [0.2, 0.25) is 0 Å². The maximum atomic E-state index is 12.8. The van der Waals surface area contributed by atoms with E-state index in [1.54, 1.807) is 29.2 Å². The zero-order valence-corrected chi connectivity index (χ0v) is 17.2. The van der Waals surface area contributed by atoms with E-state index in [4.69, 9.17) is 5.73 Å². The molecule has 1 fully saturated rings. The minimum atomic E-state index is -0.512. The van der Waals surface area contributed by atoms with Crippen molar-refractivity contribution in [3.8, 4) is 0 Å². The maximum Gasteiger partial charge on any atom is 0.248 e. The van der Waals surface area contributed by atoms with Crippen molar-refractivity contribution in [2.75, 3.05) is 22.1 Å². The van der Waals surface area contributed by atoms with E-state index < -0.39 is 11.9 Å². The summed E-state index contributed by atoms with van der Waals surface area (Å²) >= 11 is 0. The number of hydrogen-bond acceptors (Lipinski definition) is 4. The predicted octanol–water partition coefficient (Wildman–Crippen LogP) is 3.52. The molecule has 1 saturated heterocycles. The second-order valence-corrected chi connectivity index (χ2v) is 7.47. The fourth-order valence-corrected chi connectivity index (χ4v) is 3.55. The van der Waals surface area contributed by atoms with Crippen molar-refractivity contribution in [3.05, 3.63) is 54.1 Å². The molecular formula is C23H28N4O3. The van der Waals surface area contributed by atoms with Crippen LogP contribution < -0.4 is 21.3 Å². The van der Waals surface area contributed by atoms with Gasteiger partial charge in [-0.2, -0.15) is 0 Å². The minimum absolute atomic E-state index is 0.142. The summed E-state index contributed by atoms with van der Waals surface area (Å²) < 4.78 is 0. The second-order valence-electron chi connectivity index (χ2n) is 7.47. The number of primary amides is 1. The van der Waals surface area contributed by atoms with Crippen molar-refractivity contribution in [2.45, 2.75) is 45.1 Å². The summed E-state index contributed by atoms with van der Waals surface area (Å²) in [6.45, 7) is 2.74. The van der Waals surface area contributed by atoms with E-state index >= 15 is 0 Å². The number of benzene rings is 2. The number of hydrogen-bond donors (Lipinski definition) is 3. The Balaban J connectivity index is 1.66. The number of carbonyl (C=O) groups is 3. The largest absolute Gasteiger partial charge is 0.374 e. The standard InChI is InChI=1S/C23H28N4O3/c1-2-6-20(25-18-8-5-7-16(15-18)22(24)29)23(30)26-17-10-12-19(13-11-17)27-14-4-3-9-21(27)28/h5,7-8,10-13,15,20,25H,2-4,6,9,14H2,1H3,(H2,24,29)(H,26,30)/t20-/m1/s1. The van der Waals surface area contributed by atoms with Gasteiger partial charge in [0.05, 0.1) is 0 Å². The van der Waals surface area contributed by atoms with Crippen molar-refractivity contribution >= 4 is 34.8 Å². The van der Waals surface area contributed by atoms with E-state index in [1.807, 2.05) is 31.2 Å². The lowest BCUT2D eigenvalue weighted by molar-refractivity contribution is -0.119. The van der Waals surface area contributed by atoms with Crippen molar-refractivity contribution in [1.29, 1.82) is 0 Å². The molecule has 7 nitrogen and oxygen atoms in total. The molecule has 1 heterocycles. The zero-order chi connectivity index (χ0) is 21.5. The Hall–Kier alpha value is -3.35. The van der Waals surface area contributed by atoms with Crippen LogP contribution in [0.5, 0.6) is 0 Å². The molecule has 1 aliphatic rings. The molecule has 158 valence electrons. The SMILES string of the molecule is CCC[C@@H](Nc1cccc(C(N)=O)c1)C(=O)Nc1ccc(N2CCCCC2=O)cc1. The Morgan fingerprint density at radius 3 is 2.53 bits per heavy atom. The highest BCUT2D eigenvalue weighted by Gasteiger charge is 2.20. The van der Waals surface area contributed by atoms with Gasteiger partial charge in [0, 0.05) is 35.6 Å². The number of amides is 3. The molecule has 30 heavy (non-hydrogen) atoms. The number of rotatable bonds is 8. The molecule has 0 unspecified atom stereocenters. The highest BCUT2D eigenvalue weighted by Crippen LogP contribution is 2.23. The Bertz CT molecular complexity index is 911. The first-order valence-electron chi connectivity index (χ1n) is 10.4. The van der Waals surface area contributed by atoms with E-state index in [0.29, 0.717) is 29.8 Å². The Morgan fingerprint density at radius 2 is 1.87 bits per heavy atom. The van der Waals surface area contributed by atoms with Gasteiger partial charge in [0.1, 0.15) is 6.04 Å². The number of anilines is 3. The number of piperidine rings is 1. The van der Waals surface area contributed by atoms with Gasteiger partial charge in [0.25, 0.3) is 0 Å². The summed E-state index contributed by atoms with van der Waals surface area (Å²) in [6.07, 6.45) is 3.98. The van der Waals surface area contributed by atoms with Gasteiger partial charge in [-0.05, 0) is 61.7 Å². The van der Waals surface area contributed by atoms with Gasteiger partial charge < -0.3 is 21.3 Å². The minimum Gasteiger partial charge on any atom is -0.374 e. The number of nitrogens with one attached hydrogen (secondary N) is 2. The molecule has 0 aromatic heterocycles. The van der Waals surface area contributed by atoms with E-state index in [9.17, 15) is 14.4 Å². The van der Waals surface area contributed by atoms with Gasteiger partial charge in [-0.15, -0.1) is 0 Å². The molecule has 0 bridgehead atoms. The third-order valence-corrected chi connectivity index (χ3v) is 5.15. The average Bonchev–Trinajstić information content (AvgIpc) is 2.74. The van der Waals surface area contributed by atoms with Gasteiger partial charge in [-0.1, -0.05) is 19.4 Å². The molecule has 7 heteroatoms. The molecule has 0 saturated carbocycles. The van der Waals surface area contributed by atoms with Crippen LogP contribution in [0.25, 0.3) is 0 Å².